The molecular weight excluding hydrogens is 267 g/mol. The smallest absolute Gasteiger partial charge is 0.145 e. The van der Waals surface area contributed by atoms with E-state index in [1.165, 1.54) is 12.5 Å². The summed E-state index contributed by atoms with van der Waals surface area (Å²) in [7, 11) is 0. The first-order chi connectivity index (χ1) is 10.1. The Labute approximate surface area is 126 Å². The standard InChI is InChI=1S/C17H23FN2O/c1-13(21)10-16-8-3-2-4-9-20(16)12-15-7-5-6-14(11-19)17(15)18/h5-7,13,16,21H,2-4,8-10,12H2,1H3. The summed E-state index contributed by atoms with van der Waals surface area (Å²) in [6.45, 7) is 3.24. The number of halogens is 1. The summed E-state index contributed by atoms with van der Waals surface area (Å²) < 4.78 is 14.2. The molecule has 2 rings (SSSR count). The Morgan fingerprint density at radius 1 is 1.43 bits per heavy atom. The zero-order valence-corrected chi connectivity index (χ0v) is 12.6. The Bertz CT molecular complexity index is 510. The maximum atomic E-state index is 14.2. The van der Waals surface area contributed by atoms with Crippen molar-refractivity contribution >= 4 is 0 Å². The van der Waals surface area contributed by atoms with Crippen LogP contribution in [0.2, 0.25) is 0 Å². The molecule has 0 aliphatic carbocycles. The molecule has 1 aliphatic rings. The lowest BCUT2D eigenvalue weighted by molar-refractivity contribution is 0.107. The van der Waals surface area contributed by atoms with Crippen molar-refractivity contribution in [3.63, 3.8) is 0 Å². The van der Waals surface area contributed by atoms with Crippen LogP contribution in [0.25, 0.3) is 0 Å². The van der Waals surface area contributed by atoms with Gasteiger partial charge in [0.05, 0.1) is 11.7 Å². The van der Waals surface area contributed by atoms with Gasteiger partial charge in [-0.05, 0) is 38.8 Å². The molecule has 2 atom stereocenters. The van der Waals surface area contributed by atoms with E-state index < -0.39 is 5.82 Å². The van der Waals surface area contributed by atoms with Gasteiger partial charge in [-0.25, -0.2) is 4.39 Å². The molecule has 0 spiro atoms. The number of aliphatic hydroxyl groups excluding tert-OH is 1. The first-order valence-electron chi connectivity index (χ1n) is 7.71. The van der Waals surface area contributed by atoms with Gasteiger partial charge in [-0.2, -0.15) is 5.26 Å². The molecule has 1 aliphatic heterocycles. The second-order valence-electron chi connectivity index (χ2n) is 5.95. The predicted octanol–water partition coefficient (Wildman–Crippen LogP) is 3.21. The number of likely N-dealkylation sites (tertiary alicyclic amines) is 1. The van der Waals surface area contributed by atoms with E-state index in [1.807, 2.05) is 6.07 Å². The van der Waals surface area contributed by atoms with Gasteiger partial charge in [-0.3, -0.25) is 4.90 Å². The number of hydrogen-bond acceptors (Lipinski definition) is 3. The van der Waals surface area contributed by atoms with Crippen LogP contribution in [0.3, 0.4) is 0 Å². The van der Waals surface area contributed by atoms with Gasteiger partial charge in [-0.1, -0.05) is 25.0 Å². The third-order valence-corrected chi connectivity index (χ3v) is 4.18. The van der Waals surface area contributed by atoms with Crippen LogP contribution in [0.4, 0.5) is 4.39 Å². The van der Waals surface area contributed by atoms with Gasteiger partial charge in [0, 0.05) is 18.2 Å². The minimum absolute atomic E-state index is 0.106. The van der Waals surface area contributed by atoms with Crippen LogP contribution >= 0.6 is 0 Å². The average Bonchev–Trinajstić information content (AvgIpc) is 2.66. The Kier molecular flexibility index (Phi) is 5.72. The van der Waals surface area contributed by atoms with Crippen molar-refractivity contribution < 1.29 is 9.50 Å². The number of benzene rings is 1. The molecule has 1 heterocycles. The first kappa shape index (κ1) is 15.9. The van der Waals surface area contributed by atoms with E-state index in [-0.39, 0.29) is 17.7 Å². The molecule has 0 bridgehead atoms. The highest BCUT2D eigenvalue weighted by atomic mass is 19.1. The fourth-order valence-electron chi connectivity index (χ4n) is 3.11. The minimum Gasteiger partial charge on any atom is -0.393 e. The molecule has 1 aromatic rings. The highest BCUT2D eigenvalue weighted by molar-refractivity contribution is 5.34. The summed E-state index contributed by atoms with van der Waals surface area (Å²) in [6.07, 6.45) is 4.88. The number of nitriles is 1. The van der Waals surface area contributed by atoms with Gasteiger partial charge in [-0.15, -0.1) is 0 Å². The molecule has 0 aromatic heterocycles. The summed E-state index contributed by atoms with van der Waals surface area (Å²) in [5, 5.41) is 18.6. The van der Waals surface area contributed by atoms with Gasteiger partial charge in [0.1, 0.15) is 11.9 Å². The molecule has 0 amide bonds. The highest BCUT2D eigenvalue weighted by Gasteiger charge is 2.23. The Balaban J connectivity index is 2.16. The third kappa shape index (κ3) is 4.26. The van der Waals surface area contributed by atoms with Crippen LogP contribution < -0.4 is 0 Å². The maximum absolute atomic E-state index is 14.2. The molecule has 4 heteroatoms. The summed E-state index contributed by atoms with van der Waals surface area (Å²) in [6, 6.07) is 7.18. The lowest BCUT2D eigenvalue weighted by Gasteiger charge is -2.31. The monoisotopic (exact) mass is 290 g/mol. The topological polar surface area (TPSA) is 47.3 Å². The molecule has 21 heavy (non-hydrogen) atoms. The van der Waals surface area contributed by atoms with Gasteiger partial charge >= 0.3 is 0 Å². The number of aliphatic hydroxyl groups is 1. The van der Waals surface area contributed by atoms with Crippen LogP contribution in [0, 0.1) is 17.1 Å². The zero-order chi connectivity index (χ0) is 15.2. The summed E-state index contributed by atoms with van der Waals surface area (Å²) in [5.74, 6) is -0.403. The normalized spacial score (nSPS) is 21.5. The van der Waals surface area contributed by atoms with Crippen molar-refractivity contribution in [3.05, 3.63) is 35.1 Å². The molecular formula is C17H23FN2O. The first-order valence-corrected chi connectivity index (χ1v) is 7.71. The van der Waals surface area contributed by atoms with E-state index in [1.54, 1.807) is 19.1 Å². The Hall–Kier alpha value is -1.44. The summed E-state index contributed by atoms with van der Waals surface area (Å²) in [4.78, 5) is 2.26. The number of rotatable bonds is 4. The predicted molar refractivity (Wildman–Crippen MR) is 80.1 cm³/mol. The van der Waals surface area contributed by atoms with Crippen molar-refractivity contribution in [2.45, 2.75) is 57.7 Å². The molecule has 2 unspecified atom stereocenters. The lowest BCUT2D eigenvalue weighted by Crippen LogP contribution is -2.36. The van der Waals surface area contributed by atoms with Crippen molar-refractivity contribution in [2.24, 2.45) is 0 Å². The van der Waals surface area contributed by atoms with E-state index in [2.05, 4.69) is 4.90 Å². The largest absolute Gasteiger partial charge is 0.393 e. The second-order valence-corrected chi connectivity index (χ2v) is 5.95. The van der Waals surface area contributed by atoms with Crippen LogP contribution in [0.15, 0.2) is 18.2 Å². The van der Waals surface area contributed by atoms with Crippen LogP contribution in [-0.4, -0.2) is 28.7 Å². The maximum Gasteiger partial charge on any atom is 0.145 e. The van der Waals surface area contributed by atoms with Gasteiger partial charge < -0.3 is 5.11 Å². The minimum atomic E-state index is -0.403. The van der Waals surface area contributed by atoms with Crippen molar-refractivity contribution in [2.75, 3.05) is 6.54 Å². The van der Waals surface area contributed by atoms with E-state index in [0.29, 0.717) is 12.1 Å². The molecule has 0 radical (unpaired) electrons. The SMILES string of the molecule is CC(O)CC1CCCCCN1Cc1cccc(C#N)c1F. The van der Waals surface area contributed by atoms with Gasteiger partial charge in [0.25, 0.3) is 0 Å². The van der Waals surface area contributed by atoms with E-state index in [9.17, 15) is 9.50 Å². The van der Waals surface area contributed by atoms with Crippen LogP contribution in [-0.2, 0) is 6.54 Å². The van der Waals surface area contributed by atoms with E-state index >= 15 is 0 Å². The third-order valence-electron chi connectivity index (χ3n) is 4.18. The Morgan fingerprint density at radius 2 is 2.24 bits per heavy atom. The van der Waals surface area contributed by atoms with Crippen molar-refractivity contribution in [1.82, 2.24) is 4.90 Å². The molecule has 1 N–H and O–H groups in total. The molecule has 1 saturated heterocycles. The molecule has 0 saturated carbocycles. The van der Waals surface area contributed by atoms with Crippen LogP contribution in [0.5, 0.6) is 0 Å². The Morgan fingerprint density at radius 3 is 2.95 bits per heavy atom. The molecule has 3 nitrogen and oxygen atoms in total. The second kappa shape index (κ2) is 7.53. The quantitative estimate of drug-likeness (QED) is 0.926. The number of hydrogen-bond donors (Lipinski definition) is 1. The summed E-state index contributed by atoms with van der Waals surface area (Å²) >= 11 is 0. The fraction of sp³-hybridized carbons (Fsp3) is 0.588. The molecule has 114 valence electrons. The van der Waals surface area contributed by atoms with E-state index in [4.69, 9.17) is 5.26 Å². The van der Waals surface area contributed by atoms with Crippen LogP contribution in [0.1, 0.15) is 50.2 Å². The molecule has 1 aromatic carbocycles. The average molecular weight is 290 g/mol. The number of nitrogens with zero attached hydrogens (tertiary/aromatic N) is 2. The van der Waals surface area contributed by atoms with Gasteiger partial charge in [0.2, 0.25) is 0 Å². The zero-order valence-electron chi connectivity index (χ0n) is 12.6. The summed E-state index contributed by atoms with van der Waals surface area (Å²) in [5.41, 5.74) is 0.681. The van der Waals surface area contributed by atoms with Gasteiger partial charge in [0.15, 0.2) is 0 Å². The van der Waals surface area contributed by atoms with Crippen molar-refractivity contribution in [1.29, 1.82) is 5.26 Å². The van der Waals surface area contributed by atoms with E-state index in [0.717, 1.165) is 32.2 Å². The lowest BCUT2D eigenvalue weighted by atomic mass is 10.0. The van der Waals surface area contributed by atoms with Crippen molar-refractivity contribution in [3.8, 4) is 6.07 Å². The highest BCUT2D eigenvalue weighted by Crippen LogP contribution is 2.24. The molecule has 1 fully saturated rings. The fourth-order valence-corrected chi connectivity index (χ4v) is 3.11.